The predicted molar refractivity (Wildman–Crippen MR) is 44.3 cm³/mol. The minimum absolute atomic E-state index is 0.0521. The lowest BCUT2D eigenvalue weighted by Gasteiger charge is -2.21. The number of rotatable bonds is 1. The van der Waals surface area contributed by atoms with Crippen molar-refractivity contribution in [3.63, 3.8) is 0 Å². The second kappa shape index (κ2) is 3.34. The highest BCUT2D eigenvalue weighted by Gasteiger charge is 2.32. The summed E-state index contributed by atoms with van der Waals surface area (Å²) in [5, 5.41) is 0. The monoisotopic (exact) mass is 219 g/mol. The first-order valence-electron chi connectivity index (χ1n) is 3.60. The van der Waals surface area contributed by atoms with E-state index in [2.05, 4.69) is 15.9 Å². The van der Waals surface area contributed by atoms with Gasteiger partial charge in [0.05, 0.1) is 10.7 Å². The minimum atomic E-state index is -0.548. The molecule has 1 aliphatic carbocycles. The van der Waals surface area contributed by atoms with Crippen LogP contribution in [0.2, 0.25) is 0 Å². The van der Waals surface area contributed by atoms with Crippen LogP contribution in [0.15, 0.2) is 0 Å². The van der Waals surface area contributed by atoms with Crippen molar-refractivity contribution >= 4 is 27.6 Å². The fourth-order valence-corrected chi connectivity index (χ4v) is 1.93. The largest absolute Gasteiger partial charge is 0.369 e. The first-order valence-corrected chi connectivity index (χ1v) is 4.51. The van der Waals surface area contributed by atoms with E-state index in [0.29, 0.717) is 6.42 Å². The molecule has 2 N–H and O–H groups in total. The Labute approximate surface area is 73.5 Å². The number of carbonyl (C=O) groups is 2. The maximum Gasteiger partial charge on any atom is 0.228 e. The minimum Gasteiger partial charge on any atom is -0.369 e. The lowest BCUT2D eigenvalue weighted by Crippen LogP contribution is -2.37. The summed E-state index contributed by atoms with van der Waals surface area (Å²) in [7, 11) is 0. The molecule has 1 fully saturated rings. The maximum absolute atomic E-state index is 11.2. The van der Waals surface area contributed by atoms with Crippen molar-refractivity contribution < 1.29 is 9.59 Å². The van der Waals surface area contributed by atoms with Gasteiger partial charge in [0.25, 0.3) is 0 Å². The summed E-state index contributed by atoms with van der Waals surface area (Å²) in [6, 6.07) is 0. The Bertz CT molecular complexity index is 193. The third-order valence-corrected chi connectivity index (χ3v) is 2.86. The van der Waals surface area contributed by atoms with Crippen LogP contribution in [-0.4, -0.2) is 16.5 Å². The number of ketones is 1. The Balaban J connectivity index is 2.66. The summed E-state index contributed by atoms with van der Waals surface area (Å²) >= 11 is 3.21. The number of alkyl halides is 1. The molecule has 0 bridgehead atoms. The van der Waals surface area contributed by atoms with Crippen molar-refractivity contribution in [2.75, 3.05) is 0 Å². The highest BCUT2D eigenvalue weighted by atomic mass is 79.9. The van der Waals surface area contributed by atoms with E-state index < -0.39 is 11.8 Å². The number of amides is 1. The number of hydrogen-bond acceptors (Lipinski definition) is 2. The quantitative estimate of drug-likeness (QED) is 0.519. The van der Waals surface area contributed by atoms with Gasteiger partial charge in [0.15, 0.2) is 5.78 Å². The van der Waals surface area contributed by atoms with E-state index in [1.165, 1.54) is 0 Å². The van der Waals surface area contributed by atoms with Gasteiger partial charge in [-0.05, 0) is 12.8 Å². The summed E-state index contributed by atoms with van der Waals surface area (Å²) < 4.78 is 0. The molecule has 4 heteroatoms. The van der Waals surface area contributed by atoms with Gasteiger partial charge in [-0.3, -0.25) is 9.59 Å². The molecule has 0 spiro atoms. The van der Waals surface area contributed by atoms with Crippen LogP contribution in [0.1, 0.15) is 19.3 Å². The summed E-state index contributed by atoms with van der Waals surface area (Å²) in [6.45, 7) is 0. The number of hydrogen-bond donors (Lipinski definition) is 1. The predicted octanol–water partition coefficient (Wildman–Crippen LogP) is 0.604. The summed E-state index contributed by atoms with van der Waals surface area (Å²) in [5.41, 5.74) is 5.04. The van der Waals surface area contributed by atoms with Crippen molar-refractivity contribution in [1.29, 1.82) is 0 Å². The first kappa shape index (κ1) is 8.71. The van der Waals surface area contributed by atoms with Gasteiger partial charge >= 0.3 is 0 Å². The third kappa shape index (κ3) is 1.80. The van der Waals surface area contributed by atoms with E-state index in [0.717, 1.165) is 12.8 Å². The lowest BCUT2D eigenvalue weighted by atomic mass is 9.87. The van der Waals surface area contributed by atoms with Crippen LogP contribution in [0.5, 0.6) is 0 Å². The van der Waals surface area contributed by atoms with Gasteiger partial charge in [-0.15, -0.1) is 0 Å². The van der Waals surface area contributed by atoms with Crippen molar-refractivity contribution in [2.45, 2.75) is 24.1 Å². The van der Waals surface area contributed by atoms with Crippen LogP contribution < -0.4 is 5.73 Å². The van der Waals surface area contributed by atoms with Crippen LogP contribution in [0, 0.1) is 5.92 Å². The Morgan fingerprint density at radius 1 is 1.55 bits per heavy atom. The zero-order valence-corrected chi connectivity index (χ0v) is 7.63. The number of primary amides is 1. The van der Waals surface area contributed by atoms with Crippen LogP contribution in [0.4, 0.5) is 0 Å². The zero-order valence-electron chi connectivity index (χ0n) is 6.05. The molecule has 0 aliphatic heterocycles. The topological polar surface area (TPSA) is 60.2 Å². The molecule has 0 unspecified atom stereocenters. The highest BCUT2D eigenvalue weighted by Crippen LogP contribution is 2.25. The van der Waals surface area contributed by atoms with E-state index in [4.69, 9.17) is 5.73 Å². The molecule has 62 valence electrons. The molecule has 0 heterocycles. The zero-order chi connectivity index (χ0) is 8.43. The second-order valence-corrected chi connectivity index (χ2v) is 3.86. The van der Waals surface area contributed by atoms with E-state index in [1.54, 1.807) is 0 Å². The highest BCUT2D eigenvalue weighted by molar-refractivity contribution is 9.10. The van der Waals surface area contributed by atoms with Gasteiger partial charge in [-0.1, -0.05) is 22.4 Å². The van der Waals surface area contributed by atoms with Crippen molar-refractivity contribution in [3.8, 4) is 0 Å². The molecule has 0 aromatic carbocycles. The molecular weight excluding hydrogens is 210 g/mol. The van der Waals surface area contributed by atoms with E-state index in [9.17, 15) is 9.59 Å². The van der Waals surface area contributed by atoms with Crippen LogP contribution in [-0.2, 0) is 9.59 Å². The average Bonchev–Trinajstić information content (AvgIpc) is 1.94. The molecule has 2 atom stereocenters. The molecule has 11 heavy (non-hydrogen) atoms. The van der Waals surface area contributed by atoms with Crippen LogP contribution in [0.3, 0.4) is 0 Å². The van der Waals surface area contributed by atoms with Crippen molar-refractivity contribution in [2.24, 2.45) is 11.7 Å². The normalized spacial score (nSPS) is 31.9. The fraction of sp³-hybridized carbons (Fsp3) is 0.714. The summed E-state index contributed by atoms with van der Waals surface area (Å²) in [6.07, 6.45) is 2.34. The van der Waals surface area contributed by atoms with Gasteiger partial charge in [0.1, 0.15) is 0 Å². The van der Waals surface area contributed by atoms with Gasteiger partial charge in [0, 0.05) is 0 Å². The van der Waals surface area contributed by atoms with Gasteiger partial charge in [-0.25, -0.2) is 0 Å². The van der Waals surface area contributed by atoms with Gasteiger partial charge in [-0.2, -0.15) is 0 Å². The molecule has 1 rings (SSSR count). The first-order chi connectivity index (χ1) is 5.13. The molecule has 0 aromatic heterocycles. The number of halogens is 1. The molecule has 1 saturated carbocycles. The Kier molecular flexibility index (Phi) is 2.65. The van der Waals surface area contributed by atoms with Crippen molar-refractivity contribution in [1.82, 2.24) is 0 Å². The number of Topliss-reactive ketones (excluding diaryl/α,β-unsaturated/α-hetero) is 1. The van der Waals surface area contributed by atoms with Crippen molar-refractivity contribution in [3.05, 3.63) is 0 Å². The molecular formula is C7H10BrNO2. The Hall–Kier alpha value is -0.380. The van der Waals surface area contributed by atoms with Gasteiger partial charge < -0.3 is 5.73 Å². The maximum atomic E-state index is 11.2. The number of nitrogens with two attached hydrogens (primary N) is 1. The van der Waals surface area contributed by atoms with E-state index in [1.807, 2.05) is 0 Å². The summed E-state index contributed by atoms with van der Waals surface area (Å²) in [4.78, 5) is 21.8. The smallest absolute Gasteiger partial charge is 0.228 e. The van der Waals surface area contributed by atoms with E-state index in [-0.39, 0.29) is 10.6 Å². The SMILES string of the molecule is NC(=O)[C@H]1CCC[C@H](Br)C1=O. The second-order valence-electron chi connectivity index (χ2n) is 2.76. The molecule has 1 aliphatic rings. The van der Waals surface area contributed by atoms with Crippen LogP contribution >= 0.6 is 15.9 Å². The van der Waals surface area contributed by atoms with Gasteiger partial charge in [0.2, 0.25) is 5.91 Å². The Morgan fingerprint density at radius 2 is 2.18 bits per heavy atom. The van der Waals surface area contributed by atoms with Crippen LogP contribution in [0.25, 0.3) is 0 Å². The third-order valence-electron chi connectivity index (χ3n) is 1.95. The molecule has 0 radical (unpaired) electrons. The molecule has 0 saturated heterocycles. The van der Waals surface area contributed by atoms with E-state index >= 15 is 0 Å². The standard InChI is InChI=1S/C7H10BrNO2/c8-5-3-1-2-4(6(5)10)7(9)11/h4-5H,1-3H2,(H2,9,11)/t4-,5-/m0/s1. The number of carbonyl (C=O) groups excluding carboxylic acids is 2. The fourth-order valence-electron chi connectivity index (χ4n) is 1.29. The summed E-state index contributed by atoms with van der Waals surface area (Å²) in [5.74, 6) is -1.09. The molecule has 1 amide bonds. The Morgan fingerprint density at radius 3 is 2.64 bits per heavy atom. The molecule has 3 nitrogen and oxygen atoms in total. The lowest BCUT2D eigenvalue weighted by molar-refractivity contribution is -0.133. The molecule has 0 aromatic rings. The average molecular weight is 220 g/mol.